The van der Waals surface area contributed by atoms with Gasteiger partial charge in [-0.25, -0.2) is 0 Å². The summed E-state index contributed by atoms with van der Waals surface area (Å²) in [5, 5.41) is 9.64. The first-order valence-electron chi connectivity index (χ1n) is 9.90. The van der Waals surface area contributed by atoms with Crippen molar-refractivity contribution in [3.05, 3.63) is 95.1 Å². The van der Waals surface area contributed by atoms with Crippen LogP contribution < -0.4 is 4.74 Å². The first kappa shape index (κ1) is 20.7. The van der Waals surface area contributed by atoms with E-state index >= 15 is 0 Å². The number of aryl methyl sites for hydroxylation is 1. The van der Waals surface area contributed by atoms with Gasteiger partial charge in [0.2, 0.25) is 0 Å². The highest BCUT2D eigenvalue weighted by molar-refractivity contribution is 5.76. The molecule has 3 nitrogen and oxygen atoms in total. The molecule has 150 valence electrons. The van der Waals surface area contributed by atoms with E-state index in [1.807, 2.05) is 60.7 Å². The summed E-state index contributed by atoms with van der Waals surface area (Å²) in [6, 6.07) is 23.3. The van der Waals surface area contributed by atoms with Gasteiger partial charge in [-0.3, -0.25) is 4.79 Å². The van der Waals surface area contributed by atoms with Crippen molar-refractivity contribution in [1.29, 1.82) is 0 Å². The second kappa shape index (κ2) is 8.52. The van der Waals surface area contributed by atoms with Gasteiger partial charge in [-0.15, -0.1) is 0 Å². The normalized spacial score (nSPS) is 12.4. The Labute approximate surface area is 173 Å². The minimum Gasteiger partial charge on any atom is -0.481 e. The fourth-order valence-electron chi connectivity index (χ4n) is 3.41. The number of carboxylic acid groups (broad SMARTS) is 1. The van der Waals surface area contributed by atoms with Crippen molar-refractivity contribution < 1.29 is 14.6 Å². The van der Waals surface area contributed by atoms with Crippen LogP contribution in [0.1, 0.15) is 48.9 Å². The van der Waals surface area contributed by atoms with Gasteiger partial charge in [0.05, 0.1) is 5.92 Å². The molecule has 0 bridgehead atoms. The molecule has 0 aliphatic carbocycles. The fraction of sp³-hybridized carbons (Fsp3) is 0.269. The zero-order chi connectivity index (χ0) is 21.0. The molecule has 3 aromatic carbocycles. The molecular formula is C26H28O3. The Morgan fingerprint density at radius 3 is 2.21 bits per heavy atom. The van der Waals surface area contributed by atoms with Gasteiger partial charge in [0, 0.05) is 5.56 Å². The van der Waals surface area contributed by atoms with E-state index in [1.165, 1.54) is 5.56 Å². The molecular weight excluding hydrogens is 360 g/mol. The summed E-state index contributed by atoms with van der Waals surface area (Å²) in [4.78, 5) is 11.7. The Hall–Kier alpha value is -3.07. The average molecular weight is 389 g/mol. The van der Waals surface area contributed by atoms with E-state index in [1.54, 1.807) is 0 Å². The molecule has 3 heteroatoms. The van der Waals surface area contributed by atoms with Crippen molar-refractivity contribution in [2.24, 2.45) is 0 Å². The zero-order valence-corrected chi connectivity index (χ0v) is 17.5. The highest BCUT2D eigenvalue weighted by Gasteiger charge is 2.21. The van der Waals surface area contributed by atoms with Gasteiger partial charge in [0.15, 0.2) is 0 Å². The van der Waals surface area contributed by atoms with Crippen LogP contribution >= 0.6 is 0 Å². The molecule has 0 radical (unpaired) electrons. The molecule has 1 atom stereocenters. The molecule has 0 aliphatic rings. The van der Waals surface area contributed by atoms with Crippen molar-refractivity contribution in [2.75, 3.05) is 0 Å². The first-order chi connectivity index (χ1) is 13.7. The van der Waals surface area contributed by atoms with Crippen molar-refractivity contribution in [3.8, 4) is 11.5 Å². The smallest absolute Gasteiger partial charge is 0.311 e. The minimum atomic E-state index is -0.814. The number of carboxylic acids is 1. The molecule has 29 heavy (non-hydrogen) atoms. The maximum Gasteiger partial charge on any atom is 0.311 e. The Balaban J connectivity index is 1.78. The lowest BCUT2D eigenvalue weighted by Gasteiger charge is -2.23. The Morgan fingerprint density at radius 2 is 1.62 bits per heavy atom. The molecule has 0 fully saturated rings. The number of carbonyl (C=O) groups is 1. The maximum absolute atomic E-state index is 11.7. The lowest BCUT2D eigenvalue weighted by atomic mass is 9.85. The van der Waals surface area contributed by atoms with E-state index in [2.05, 4.69) is 39.8 Å². The van der Waals surface area contributed by atoms with Crippen LogP contribution in [0.15, 0.2) is 72.8 Å². The molecule has 0 aromatic heterocycles. The average Bonchev–Trinajstić information content (AvgIpc) is 2.68. The zero-order valence-electron chi connectivity index (χ0n) is 17.5. The van der Waals surface area contributed by atoms with E-state index in [9.17, 15) is 9.90 Å². The summed E-state index contributed by atoms with van der Waals surface area (Å²) in [6.07, 6.45) is 0.442. The first-order valence-corrected chi connectivity index (χ1v) is 9.90. The van der Waals surface area contributed by atoms with Crippen molar-refractivity contribution in [2.45, 2.75) is 45.4 Å². The number of benzene rings is 3. The van der Waals surface area contributed by atoms with Crippen molar-refractivity contribution in [3.63, 3.8) is 0 Å². The number of ether oxygens (including phenoxy) is 1. The van der Waals surface area contributed by atoms with Gasteiger partial charge in [-0.2, -0.15) is 0 Å². The molecule has 0 amide bonds. The lowest BCUT2D eigenvalue weighted by molar-refractivity contribution is -0.138. The predicted octanol–water partition coefficient (Wildman–Crippen LogP) is 6.50. The molecule has 0 heterocycles. The molecule has 1 unspecified atom stereocenters. The third-order valence-corrected chi connectivity index (χ3v) is 5.03. The van der Waals surface area contributed by atoms with Crippen LogP contribution in [-0.2, 0) is 16.6 Å². The number of hydrogen-bond acceptors (Lipinski definition) is 2. The molecule has 1 N–H and O–H groups in total. The maximum atomic E-state index is 11.7. The van der Waals surface area contributed by atoms with Gasteiger partial charge in [-0.1, -0.05) is 80.9 Å². The monoisotopic (exact) mass is 388 g/mol. The number of aliphatic carboxylic acids is 1. The summed E-state index contributed by atoms with van der Waals surface area (Å²) in [5.41, 5.74) is 4.13. The second-order valence-corrected chi connectivity index (χ2v) is 8.50. The highest BCUT2D eigenvalue weighted by Crippen LogP contribution is 2.35. The van der Waals surface area contributed by atoms with Crippen LogP contribution in [0.3, 0.4) is 0 Å². The Kier molecular flexibility index (Phi) is 6.07. The molecule has 0 saturated heterocycles. The largest absolute Gasteiger partial charge is 0.481 e. The predicted molar refractivity (Wildman–Crippen MR) is 117 cm³/mol. The molecule has 3 rings (SSSR count). The van der Waals surface area contributed by atoms with Crippen LogP contribution in [0.4, 0.5) is 0 Å². The summed E-state index contributed by atoms with van der Waals surface area (Å²) < 4.78 is 6.17. The van der Waals surface area contributed by atoms with E-state index in [4.69, 9.17) is 4.74 Å². The lowest BCUT2D eigenvalue weighted by Crippen LogP contribution is -2.14. The van der Waals surface area contributed by atoms with Crippen LogP contribution in [0.25, 0.3) is 0 Å². The quantitative estimate of drug-likeness (QED) is 0.524. The van der Waals surface area contributed by atoms with E-state index in [-0.39, 0.29) is 5.41 Å². The Morgan fingerprint density at radius 1 is 0.966 bits per heavy atom. The topological polar surface area (TPSA) is 46.5 Å². The van der Waals surface area contributed by atoms with Gasteiger partial charge in [0.25, 0.3) is 0 Å². The van der Waals surface area contributed by atoms with E-state index in [0.717, 1.165) is 28.2 Å². The Bertz CT molecular complexity index is 967. The van der Waals surface area contributed by atoms with Crippen molar-refractivity contribution in [1.82, 2.24) is 0 Å². The van der Waals surface area contributed by atoms with Crippen LogP contribution in [-0.4, -0.2) is 11.1 Å². The summed E-state index contributed by atoms with van der Waals surface area (Å²) in [5.74, 6) is 0.219. The summed E-state index contributed by atoms with van der Waals surface area (Å²) in [6.45, 7) is 8.60. The number of rotatable bonds is 6. The minimum absolute atomic E-state index is 0.0221. The van der Waals surface area contributed by atoms with Crippen LogP contribution in [0.5, 0.6) is 11.5 Å². The second-order valence-electron chi connectivity index (χ2n) is 8.50. The van der Waals surface area contributed by atoms with Gasteiger partial charge < -0.3 is 9.84 Å². The molecule has 0 saturated carbocycles. The van der Waals surface area contributed by atoms with Crippen molar-refractivity contribution >= 4 is 5.97 Å². The van der Waals surface area contributed by atoms with Crippen LogP contribution in [0.2, 0.25) is 0 Å². The SMILES string of the molecule is Cc1ccc(Oc2ccc(CC(C(=O)O)c3ccccc3)cc2)c(C(C)(C)C)c1. The standard InChI is InChI=1S/C26H28O3/c1-18-10-15-24(23(16-18)26(2,3)4)29-21-13-11-19(12-14-21)17-22(25(27)28)20-8-6-5-7-9-20/h5-16,22H,17H2,1-4H3,(H,27,28). The molecule has 0 spiro atoms. The van der Waals surface area contributed by atoms with E-state index in [0.29, 0.717) is 6.42 Å². The summed E-state index contributed by atoms with van der Waals surface area (Å²) >= 11 is 0. The highest BCUT2D eigenvalue weighted by atomic mass is 16.5. The number of hydrogen-bond donors (Lipinski definition) is 1. The van der Waals surface area contributed by atoms with Gasteiger partial charge in [0.1, 0.15) is 11.5 Å². The summed E-state index contributed by atoms with van der Waals surface area (Å²) in [7, 11) is 0. The molecule has 0 aliphatic heterocycles. The van der Waals surface area contributed by atoms with Gasteiger partial charge in [-0.05, 0) is 48.1 Å². The van der Waals surface area contributed by atoms with Crippen LogP contribution in [0, 0.1) is 6.92 Å². The fourth-order valence-corrected chi connectivity index (χ4v) is 3.41. The van der Waals surface area contributed by atoms with E-state index < -0.39 is 11.9 Å². The third-order valence-electron chi connectivity index (χ3n) is 5.03. The molecule has 3 aromatic rings. The van der Waals surface area contributed by atoms with Gasteiger partial charge >= 0.3 is 5.97 Å². The third kappa shape index (κ3) is 5.26.